The van der Waals surface area contributed by atoms with Gasteiger partial charge in [0.05, 0.1) is 0 Å². The molecule has 1 saturated heterocycles. The van der Waals surface area contributed by atoms with Crippen molar-refractivity contribution in [2.45, 2.75) is 51.5 Å². The molecule has 1 fully saturated rings. The van der Waals surface area contributed by atoms with Crippen molar-refractivity contribution in [3.8, 4) is 0 Å². The lowest BCUT2D eigenvalue weighted by Gasteiger charge is -2.25. The van der Waals surface area contributed by atoms with Crippen LogP contribution < -0.4 is 5.73 Å². The van der Waals surface area contributed by atoms with Crippen LogP contribution in [0.4, 0.5) is 0 Å². The molecule has 0 radical (unpaired) electrons. The van der Waals surface area contributed by atoms with Gasteiger partial charge in [0.1, 0.15) is 0 Å². The molecule has 1 aromatic carbocycles. The van der Waals surface area contributed by atoms with Gasteiger partial charge in [-0.05, 0) is 42.4 Å². The molecule has 2 rings (SSSR count). The highest BCUT2D eigenvalue weighted by molar-refractivity contribution is 5.94. The van der Waals surface area contributed by atoms with Crippen LogP contribution in [-0.4, -0.2) is 29.9 Å². The number of nitrogens with two attached hydrogens (primary N) is 1. The van der Waals surface area contributed by atoms with Crippen LogP contribution in [0.2, 0.25) is 0 Å². The molecule has 20 heavy (non-hydrogen) atoms. The van der Waals surface area contributed by atoms with Gasteiger partial charge in [-0.25, -0.2) is 0 Å². The number of benzene rings is 1. The van der Waals surface area contributed by atoms with Crippen LogP contribution in [0.15, 0.2) is 24.3 Å². The molecule has 0 aromatic heterocycles. The molecule has 0 saturated carbocycles. The predicted octanol–water partition coefficient (Wildman–Crippen LogP) is 2.94. The first-order valence-corrected chi connectivity index (χ1v) is 7.61. The third-order valence-corrected chi connectivity index (χ3v) is 4.71. The first kappa shape index (κ1) is 15.0. The van der Waals surface area contributed by atoms with E-state index in [9.17, 15) is 4.79 Å². The Morgan fingerprint density at radius 1 is 1.35 bits per heavy atom. The summed E-state index contributed by atoms with van der Waals surface area (Å²) in [6, 6.07) is 8.31. The van der Waals surface area contributed by atoms with E-state index < -0.39 is 0 Å². The molecule has 3 nitrogen and oxygen atoms in total. The Hall–Kier alpha value is -1.35. The maximum absolute atomic E-state index is 12.5. The highest BCUT2D eigenvalue weighted by atomic mass is 16.2. The minimum Gasteiger partial charge on any atom is -0.334 e. The molecule has 1 atom stereocenters. The number of rotatable bonds is 4. The second-order valence-electron chi connectivity index (χ2n) is 6.35. The van der Waals surface area contributed by atoms with Gasteiger partial charge in [-0.1, -0.05) is 32.9 Å². The van der Waals surface area contributed by atoms with Crippen molar-refractivity contribution >= 4 is 5.91 Å². The molecule has 1 heterocycles. The maximum Gasteiger partial charge on any atom is 0.254 e. The maximum atomic E-state index is 12.5. The minimum absolute atomic E-state index is 0.124. The number of likely N-dealkylation sites (tertiary alicyclic amines) is 1. The number of hydrogen-bond donors (Lipinski definition) is 1. The fourth-order valence-corrected chi connectivity index (χ4v) is 2.78. The third kappa shape index (κ3) is 2.88. The van der Waals surface area contributed by atoms with Gasteiger partial charge in [0, 0.05) is 24.7 Å². The van der Waals surface area contributed by atoms with E-state index >= 15 is 0 Å². The molecule has 3 heteroatoms. The van der Waals surface area contributed by atoms with Crippen LogP contribution in [0.1, 0.15) is 56.0 Å². The Labute approximate surface area is 122 Å². The quantitative estimate of drug-likeness (QED) is 0.917. The Bertz CT molecular complexity index is 464. The van der Waals surface area contributed by atoms with E-state index in [1.807, 2.05) is 17.0 Å². The Morgan fingerprint density at radius 2 is 2.00 bits per heavy atom. The largest absolute Gasteiger partial charge is 0.334 e. The van der Waals surface area contributed by atoms with E-state index in [1.54, 1.807) is 0 Å². The van der Waals surface area contributed by atoms with Crippen molar-refractivity contribution < 1.29 is 4.79 Å². The van der Waals surface area contributed by atoms with Crippen molar-refractivity contribution in [3.05, 3.63) is 35.4 Å². The second kappa shape index (κ2) is 5.96. The summed E-state index contributed by atoms with van der Waals surface area (Å²) >= 11 is 0. The molecular weight excluding hydrogens is 248 g/mol. The normalized spacial score (nSPS) is 19.4. The first-order chi connectivity index (χ1) is 9.49. The van der Waals surface area contributed by atoms with Crippen molar-refractivity contribution in [2.24, 2.45) is 5.73 Å². The molecule has 2 N–H and O–H groups in total. The molecular formula is C17H26N2O. The van der Waals surface area contributed by atoms with Crippen LogP contribution in [0.25, 0.3) is 0 Å². The van der Waals surface area contributed by atoms with E-state index in [0.717, 1.165) is 31.4 Å². The van der Waals surface area contributed by atoms with E-state index in [2.05, 4.69) is 32.9 Å². The number of carbonyl (C=O) groups is 1. The highest BCUT2D eigenvalue weighted by Gasteiger charge is 2.28. The average Bonchev–Trinajstić information content (AvgIpc) is 2.95. The molecule has 1 aliphatic heterocycles. The Morgan fingerprint density at radius 3 is 2.55 bits per heavy atom. The van der Waals surface area contributed by atoms with Crippen LogP contribution in [-0.2, 0) is 5.41 Å². The molecule has 1 aliphatic rings. The van der Waals surface area contributed by atoms with Crippen molar-refractivity contribution in [1.29, 1.82) is 0 Å². The zero-order chi connectivity index (χ0) is 14.8. The lowest BCUT2D eigenvalue weighted by molar-refractivity contribution is 0.0741. The van der Waals surface area contributed by atoms with Gasteiger partial charge in [0.25, 0.3) is 5.91 Å². The summed E-state index contributed by atoms with van der Waals surface area (Å²) in [5, 5.41) is 0. The molecule has 110 valence electrons. The van der Waals surface area contributed by atoms with Crippen molar-refractivity contribution in [3.63, 3.8) is 0 Å². The van der Waals surface area contributed by atoms with Crippen LogP contribution in [0.3, 0.4) is 0 Å². The van der Waals surface area contributed by atoms with E-state index in [4.69, 9.17) is 5.73 Å². The number of carbonyl (C=O) groups excluding carboxylic acids is 1. The van der Waals surface area contributed by atoms with Crippen LogP contribution in [0, 0.1) is 0 Å². The van der Waals surface area contributed by atoms with Crippen molar-refractivity contribution in [1.82, 2.24) is 4.90 Å². The van der Waals surface area contributed by atoms with Crippen LogP contribution >= 0.6 is 0 Å². The van der Waals surface area contributed by atoms with Gasteiger partial charge in [0.15, 0.2) is 0 Å². The molecule has 1 amide bonds. The van der Waals surface area contributed by atoms with Crippen LogP contribution in [0.5, 0.6) is 0 Å². The molecule has 0 aliphatic carbocycles. The first-order valence-electron chi connectivity index (χ1n) is 7.61. The average molecular weight is 274 g/mol. The van der Waals surface area contributed by atoms with Gasteiger partial charge in [-0.2, -0.15) is 0 Å². The number of hydrogen-bond acceptors (Lipinski definition) is 2. The third-order valence-electron chi connectivity index (χ3n) is 4.71. The molecule has 1 unspecified atom stereocenters. The van der Waals surface area contributed by atoms with E-state index in [-0.39, 0.29) is 17.4 Å². The minimum atomic E-state index is 0.124. The molecule has 0 spiro atoms. The SMILES string of the molecule is CCC(C)(C)c1ccc(C(=O)N2CCCC2CN)cc1. The van der Waals surface area contributed by atoms with Crippen molar-refractivity contribution in [2.75, 3.05) is 13.1 Å². The summed E-state index contributed by atoms with van der Waals surface area (Å²) in [6.45, 7) is 8.05. The van der Waals surface area contributed by atoms with Gasteiger partial charge >= 0.3 is 0 Å². The lowest BCUT2D eigenvalue weighted by atomic mass is 9.82. The summed E-state index contributed by atoms with van der Waals surface area (Å²) in [4.78, 5) is 14.4. The van der Waals surface area contributed by atoms with Gasteiger partial charge in [0.2, 0.25) is 0 Å². The smallest absolute Gasteiger partial charge is 0.254 e. The lowest BCUT2D eigenvalue weighted by Crippen LogP contribution is -2.39. The zero-order valence-corrected chi connectivity index (χ0v) is 12.9. The summed E-state index contributed by atoms with van der Waals surface area (Å²) in [5.74, 6) is 0.124. The van der Waals surface area contributed by atoms with Gasteiger partial charge in [-0.15, -0.1) is 0 Å². The fourth-order valence-electron chi connectivity index (χ4n) is 2.78. The number of amides is 1. The summed E-state index contributed by atoms with van der Waals surface area (Å²) in [7, 11) is 0. The number of nitrogens with zero attached hydrogens (tertiary/aromatic N) is 1. The summed E-state index contributed by atoms with van der Waals surface area (Å²) < 4.78 is 0. The Balaban J connectivity index is 2.16. The predicted molar refractivity (Wildman–Crippen MR) is 82.9 cm³/mol. The fraction of sp³-hybridized carbons (Fsp3) is 0.588. The standard InChI is InChI=1S/C17H26N2O/c1-4-17(2,3)14-9-7-13(8-10-14)16(20)19-11-5-6-15(19)12-18/h7-10,15H,4-6,11-12,18H2,1-3H3. The topological polar surface area (TPSA) is 46.3 Å². The highest BCUT2D eigenvalue weighted by Crippen LogP contribution is 2.27. The second-order valence-corrected chi connectivity index (χ2v) is 6.35. The van der Waals surface area contributed by atoms with Gasteiger partial charge < -0.3 is 10.6 Å². The summed E-state index contributed by atoms with van der Waals surface area (Å²) in [6.07, 6.45) is 3.18. The zero-order valence-electron chi connectivity index (χ0n) is 12.9. The van der Waals surface area contributed by atoms with E-state index in [0.29, 0.717) is 6.54 Å². The Kier molecular flexibility index (Phi) is 4.48. The molecule has 0 bridgehead atoms. The van der Waals surface area contributed by atoms with E-state index in [1.165, 1.54) is 5.56 Å². The van der Waals surface area contributed by atoms with Gasteiger partial charge in [-0.3, -0.25) is 4.79 Å². The summed E-state index contributed by atoms with van der Waals surface area (Å²) in [5.41, 5.74) is 7.97. The molecule has 1 aromatic rings. The monoisotopic (exact) mass is 274 g/mol.